The summed E-state index contributed by atoms with van der Waals surface area (Å²) < 4.78 is 0. The van der Waals surface area contributed by atoms with Crippen molar-refractivity contribution in [2.75, 3.05) is 23.6 Å². The number of amides is 1. The maximum atomic E-state index is 11.6. The number of rotatable bonds is 6. The van der Waals surface area contributed by atoms with Crippen LogP contribution < -0.4 is 5.32 Å². The Labute approximate surface area is 106 Å². The Bertz CT molecular complexity index is 342. The van der Waals surface area contributed by atoms with Gasteiger partial charge in [-0.05, 0) is 42.9 Å². The van der Waals surface area contributed by atoms with Crippen molar-refractivity contribution >= 4 is 35.1 Å². The van der Waals surface area contributed by atoms with Crippen molar-refractivity contribution in [2.24, 2.45) is 0 Å². The molecule has 0 spiro atoms. The molecule has 1 aromatic rings. The predicted molar refractivity (Wildman–Crippen MR) is 74.5 cm³/mol. The highest BCUT2D eigenvalue weighted by Gasteiger charge is 2.02. The van der Waals surface area contributed by atoms with Crippen LogP contribution in [0.2, 0.25) is 0 Å². The first-order chi connectivity index (χ1) is 7.76. The zero-order valence-corrected chi connectivity index (χ0v) is 11.3. The highest BCUT2D eigenvalue weighted by molar-refractivity contribution is 7.98. The van der Waals surface area contributed by atoms with Crippen molar-refractivity contribution in [1.82, 2.24) is 0 Å². The summed E-state index contributed by atoms with van der Waals surface area (Å²) in [5.41, 5.74) is 0.890. The van der Waals surface area contributed by atoms with E-state index in [-0.39, 0.29) is 5.91 Å². The van der Waals surface area contributed by atoms with Crippen molar-refractivity contribution in [2.45, 2.75) is 17.7 Å². The van der Waals surface area contributed by atoms with Crippen LogP contribution in [0.25, 0.3) is 0 Å². The second kappa shape index (κ2) is 7.63. The molecule has 1 N–H and O–H groups in total. The lowest BCUT2D eigenvalue weighted by Crippen LogP contribution is -2.11. The van der Waals surface area contributed by atoms with Gasteiger partial charge in [0.2, 0.25) is 5.91 Å². The van der Waals surface area contributed by atoms with E-state index in [0.29, 0.717) is 6.42 Å². The average Bonchev–Trinajstić information content (AvgIpc) is 2.29. The molecule has 88 valence electrons. The fourth-order valence-corrected chi connectivity index (χ4v) is 2.19. The van der Waals surface area contributed by atoms with Crippen molar-refractivity contribution in [3.05, 3.63) is 24.3 Å². The number of nitrogens with one attached hydrogen (secondary N) is 1. The molecule has 2 nitrogen and oxygen atoms in total. The van der Waals surface area contributed by atoms with E-state index in [1.807, 2.05) is 30.5 Å². The number of carbonyl (C=O) groups excluding carboxylic acids is 1. The molecule has 4 heteroatoms. The van der Waals surface area contributed by atoms with E-state index in [4.69, 9.17) is 0 Å². The van der Waals surface area contributed by atoms with E-state index < -0.39 is 0 Å². The third-order valence-corrected chi connectivity index (χ3v) is 3.53. The van der Waals surface area contributed by atoms with Gasteiger partial charge in [-0.2, -0.15) is 11.8 Å². The van der Waals surface area contributed by atoms with E-state index in [2.05, 4.69) is 11.6 Å². The summed E-state index contributed by atoms with van der Waals surface area (Å²) in [4.78, 5) is 12.7. The van der Waals surface area contributed by atoms with Crippen LogP contribution in [0.5, 0.6) is 0 Å². The first kappa shape index (κ1) is 13.5. The number of anilines is 1. The lowest BCUT2D eigenvalue weighted by Gasteiger charge is -2.06. The summed E-state index contributed by atoms with van der Waals surface area (Å²) in [7, 11) is 0. The largest absolute Gasteiger partial charge is 0.326 e. The van der Waals surface area contributed by atoms with Crippen LogP contribution in [0.3, 0.4) is 0 Å². The summed E-state index contributed by atoms with van der Waals surface area (Å²) in [6, 6.07) is 7.92. The topological polar surface area (TPSA) is 29.1 Å². The smallest absolute Gasteiger partial charge is 0.224 e. The van der Waals surface area contributed by atoms with Gasteiger partial charge >= 0.3 is 0 Å². The molecule has 1 aromatic carbocycles. The molecule has 0 heterocycles. The van der Waals surface area contributed by atoms with Crippen LogP contribution in [0.1, 0.15) is 12.8 Å². The fourth-order valence-electron chi connectivity index (χ4n) is 1.30. The Balaban J connectivity index is 2.43. The van der Waals surface area contributed by atoms with Crippen molar-refractivity contribution in [1.29, 1.82) is 0 Å². The quantitative estimate of drug-likeness (QED) is 0.623. The minimum Gasteiger partial charge on any atom is -0.326 e. The minimum absolute atomic E-state index is 0.104. The lowest BCUT2D eigenvalue weighted by atomic mass is 10.3. The number of hydrogen-bond acceptors (Lipinski definition) is 3. The molecule has 16 heavy (non-hydrogen) atoms. The van der Waals surface area contributed by atoms with E-state index >= 15 is 0 Å². The van der Waals surface area contributed by atoms with E-state index in [0.717, 1.165) is 17.9 Å². The van der Waals surface area contributed by atoms with Crippen LogP contribution in [0.15, 0.2) is 29.2 Å². The predicted octanol–water partition coefficient (Wildman–Crippen LogP) is 3.49. The van der Waals surface area contributed by atoms with Gasteiger partial charge in [0.05, 0.1) is 0 Å². The van der Waals surface area contributed by atoms with Crippen LogP contribution in [-0.2, 0) is 4.79 Å². The second-order valence-corrected chi connectivity index (χ2v) is 5.24. The number of hydrogen-bond donors (Lipinski definition) is 1. The van der Waals surface area contributed by atoms with E-state index in [1.165, 1.54) is 4.90 Å². The molecule has 1 rings (SSSR count). The van der Waals surface area contributed by atoms with Crippen LogP contribution in [0.4, 0.5) is 5.69 Å². The third-order valence-electron chi connectivity index (χ3n) is 2.11. The molecule has 1 amide bonds. The van der Waals surface area contributed by atoms with Gasteiger partial charge in [0.25, 0.3) is 0 Å². The van der Waals surface area contributed by atoms with Crippen LogP contribution >= 0.6 is 23.5 Å². The molecular weight excluding hydrogens is 238 g/mol. The zero-order valence-electron chi connectivity index (χ0n) is 9.66. The first-order valence-electron chi connectivity index (χ1n) is 5.19. The summed E-state index contributed by atoms with van der Waals surface area (Å²) >= 11 is 3.45. The SMILES string of the molecule is CSCCCC(=O)Nc1cccc(SC)c1. The van der Waals surface area contributed by atoms with Gasteiger partial charge in [-0.3, -0.25) is 4.79 Å². The normalized spacial score (nSPS) is 10.1. The van der Waals surface area contributed by atoms with Gasteiger partial charge in [0.15, 0.2) is 0 Å². The molecule has 0 aromatic heterocycles. The summed E-state index contributed by atoms with van der Waals surface area (Å²) in [6.45, 7) is 0. The fraction of sp³-hybridized carbons (Fsp3) is 0.417. The average molecular weight is 255 g/mol. The molecule has 0 radical (unpaired) electrons. The molecule has 0 saturated carbocycles. The Morgan fingerprint density at radius 2 is 2.19 bits per heavy atom. The van der Waals surface area contributed by atoms with Crippen LogP contribution in [-0.4, -0.2) is 24.2 Å². The Morgan fingerprint density at radius 3 is 2.88 bits per heavy atom. The van der Waals surface area contributed by atoms with E-state index in [9.17, 15) is 4.79 Å². The summed E-state index contributed by atoms with van der Waals surface area (Å²) in [6.07, 6.45) is 5.62. The minimum atomic E-state index is 0.104. The number of benzene rings is 1. The number of thioether (sulfide) groups is 2. The molecule has 0 atom stereocenters. The Morgan fingerprint density at radius 1 is 1.38 bits per heavy atom. The second-order valence-electron chi connectivity index (χ2n) is 3.38. The molecule has 0 aliphatic rings. The van der Waals surface area contributed by atoms with Gasteiger partial charge in [-0.25, -0.2) is 0 Å². The molecule has 0 bridgehead atoms. The lowest BCUT2D eigenvalue weighted by molar-refractivity contribution is -0.116. The maximum absolute atomic E-state index is 11.6. The maximum Gasteiger partial charge on any atom is 0.224 e. The van der Waals surface area contributed by atoms with Crippen molar-refractivity contribution in [3.8, 4) is 0 Å². The van der Waals surface area contributed by atoms with Gasteiger partial charge in [0, 0.05) is 17.0 Å². The van der Waals surface area contributed by atoms with Crippen molar-refractivity contribution in [3.63, 3.8) is 0 Å². The Hall–Kier alpha value is -0.610. The van der Waals surface area contributed by atoms with Gasteiger partial charge in [0.1, 0.15) is 0 Å². The highest BCUT2D eigenvalue weighted by Crippen LogP contribution is 2.19. The first-order valence-corrected chi connectivity index (χ1v) is 7.81. The highest BCUT2D eigenvalue weighted by atomic mass is 32.2. The third kappa shape index (κ3) is 4.94. The standard InChI is InChI=1S/C12H17NOS2/c1-15-8-4-7-12(14)13-10-5-3-6-11(9-10)16-2/h3,5-6,9H,4,7-8H2,1-2H3,(H,13,14). The summed E-state index contributed by atoms with van der Waals surface area (Å²) in [5, 5.41) is 2.91. The van der Waals surface area contributed by atoms with E-state index in [1.54, 1.807) is 23.5 Å². The monoisotopic (exact) mass is 255 g/mol. The summed E-state index contributed by atoms with van der Waals surface area (Å²) in [5.74, 6) is 1.14. The molecule has 0 saturated heterocycles. The van der Waals surface area contributed by atoms with Gasteiger partial charge in [-0.15, -0.1) is 11.8 Å². The molecular formula is C12H17NOS2. The van der Waals surface area contributed by atoms with Crippen LogP contribution in [0, 0.1) is 0 Å². The molecule has 0 aliphatic carbocycles. The van der Waals surface area contributed by atoms with Gasteiger partial charge < -0.3 is 5.32 Å². The molecule has 0 aliphatic heterocycles. The Kier molecular flexibility index (Phi) is 6.42. The molecule has 0 unspecified atom stereocenters. The molecule has 0 fully saturated rings. The van der Waals surface area contributed by atoms with Crippen molar-refractivity contribution < 1.29 is 4.79 Å². The van der Waals surface area contributed by atoms with Gasteiger partial charge in [-0.1, -0.05) is 6.07 Å². The number of carbonyl (C=O) groups is 1. The zero-order chi connectivity index (χ0) is 11.8.